The SMILES string of the molecule is Cc1cc(C(=O)NCc2cccc(OCC3CC3)c2)n(C)n1. The fourth-order valence-electron chi connectivity index (χ4n) is 2.34. The Morgan fingerprint density at radius 2 is 2.23 bits per heavy atom. The van der Waals surface area contributed by atoms with Crippen LogP contribution >= 0.6 is 0 Å². The van der Waals surface area contributed by atoms with Crippen molar-refractivity contribution in [2.45, 2.75) is 26.3 Å². The number of hydrogen-bond acceptors (Lipinski definition) is 3. The topological polar surface area (TPSA) is 56.1 Å². The van der Waals surface area contributed by atoms with Crippen molar-refractivity contribution in [3.05, 3.63) is 47.3 Å². The lowest BCUT2D eigenvalue weighted by atomic mass is 10.2. The molecule has 2 aromatic rings. The predicted octanol–water partition coefficient (Wildman–Crippen LogP) is 2.45. The van der Waals surface area contributed by atoms with Gasteiger partial charge in [-0.1, -0.05) is 12.1 Å². The van der Waals surface area contributed by atoms with E-state index in [-0.39, 0.29) is 5.91 Å². The average Bonchev–Trinajstić information content (AvgIpc) is 3.27. The van der Waals surface area contributed by atoms with Crippen LogP contribution in [0.4, 0.5) is 0 Å². The zero-order valence-electron chi connectivity index (χ0n) is 13.0. The van der Waals surface area contributed by atoms with E-state index in [4.69, 9.17) is 4.74 Å². The van der Waals surface area contributed by atoms with Crippen molar-refractivity contribution in [1.82, 2.24) is 15.1 Å². The highest BCUT2D eigenvalue weighted by atomic mass is 16.5. The Morgan fingerprint density at radius 3 is 2.91 bits per heavy atom. The van der Waals surface area contributed by atoms with Gasteiger partial charge in [0.2, 0.25) is 0 Å². The van der Waals surface area contributed by atoms with E-state index in [1.807, 2.05) is 31.2 Å². The summed E-state index contributed by atoms with van der Waals surface area (Å²) < 4.78 is 7.35. The number of amides is 1. The Bertz CT molecular complexity index is 674. The molecule has 1 aliphatic carbocycles. The molecule has 0 unspecified atom stereocenters. The van der Waals surface area contributed by atoms with Gasteiger partial charge in [-0.15, -0.1) is 0 Å². The standard InChI is InChI=1S/C17H21N3O2/c1-12-8-16(20(2)19-12)17(21)18-10-14-4-3-5-15(9-14)22-11-13-6-7-13/h3-5,8-9,13H,6-7,10-11H2,1-2H3,(H,18,21). The fraction of sp³-hybridized carbons (Fsp3) is 0.412. The van der Waals surface area contributed by atoms with Gasteiger partial charge in [0.15, 0.2) is 0 Å². The van der Waals surface area contributed by atoms with Crippen molar-refractivity contribution in [3.63, 3.8) is 0 Å². The molecule has 0 atom stereocenters. The summed E-state index contributed by atoms with van der Waals surface area (Å²) in [7, 11) is 1.77. The minimum atomic E-state index is -0.118. The summed E-state index contributed by atoms with van der Waals surface area (Å²) in [6.45, 7) is 3.14. The molecule has 1 aromatic carbocycles. The summed E-state index contributed by atoms with van der Waals surface area (Å²) in [6.07, 6.45) is 2.56. The molecule has 3 rings (SSSR count). The van der Waals surface area contributed by atoms with E-state index in [0.29, 0.717) is 12.2 Å². The zero-order valence-corrected chi connectivity index (χ0v) is 13.0. The van der Waals surface area contributed by atoms with Gasteiger partial charge in [-0.25, -0.2) is 0 Å². The quantitative estimate of drug-likeness (QED) is 0.891. The number of ether oxygens (including phenoxy) is 1. The summed E-state index contributed by atoms with van der Waals surface area (Å²) >= 11 is 0. The molecule has 1 saturated carbocycles. The lowest BCUT2D eigenvalue weighted by Crippen LogP contribution is -2.25. The maximum Gasteiger partial charge on any atom is 0.269 e. The van der Waals surface area contributed by atoms with Crippen molar-refractivity contribution >= 4 is 5.91 Å². The van der Waals surface area contributed by atoms with Gasteiger partial charge in [0.05, 0.1) is 12.3 Å². The van der Waals surface area contributed by atoms with Gasteiger partial charge >= 0.3 is 0 Å². The summed E-state index contributed by atoms with van der Waals surface area (Å²) in [5, 5.41) is 7.10. The number of aromatic nitrogens is 2. The van der Waals surface area contributed by atoms with E-state index in [9.17, 15) is 4.79 Å². The molecule has 1 aromatic heterocycles. The van der Waals surface area contributed by atoms with Crippen molar-refractivity contribution in [2.24, 2.45) is 13.0 Å². The third-order valence-electron chi connectivity index (χ3n) is 3.77. The van der Waals surface area contributed by atoms with E-state index in [2.05, 4.69) is 10.4 Å². The van der Waals surface area contributed by atoms with Crippen molar-refractivity contribution in [1.29, 1.82) is 0 Å². The molecule has 5 nitrogen and oxygen atoms in total. The number of benzene rings is 1. The molecule has 0 spiro atoms. The lowest BCUT2D eigenvalue weighted by molar-refractivity contribution is 0.0941. The maximum absolute atomic E-state index is 12.2. The minimum Gasteiger partial charge on any atom is -0.493 e. The Kier molecular flexibility index (Phi) is 4.13. The van der Waals surface area contributed by atoms with Gasteiger partial charge in [-0.2, -0.15) is 5.10 Å². The molecule has 22 heavy (non-hydrogen) atoms. The molecule has 0 saturated heterocycles. The molecule has 116 valence electrons. The summed E-state index contributed by atoms with van der Waals surface area (Å²) in [4.78, 5) is 12.2. The zero-order chi connectivity index (χ0) is 15.5. The van der Waals surface area contributed by atoms with Crippen LogP contribution in [0.3, 0.4) is 0 Å². The van der Waals surface area contributed by atoms with Crippen molar-refractivity contribution < 1.29 is 9.53 Å². The van der Waals surface area contributed by atoms with Crippen molar-refractivity contribution in [2.75, 3.05) is 6.61 Å². The molecule has 1 heterocycles. The number of hydrogen-bond donors (Lipinski definition) is 1. The second kappa shape index (κ2) is 6.22. The number of carbonyl (C=O) groups is 1. The van der Waals surface area contributed by atoms with Crippen LogP contribution in [-0.4, -0.2) is 22.3 Å². The highest BCUT2D eigenvalue weighted by molar-refractivity contribution is 5.92. The van der Waals surface area contributed by atoms with Crippen LogP contribution in [-0.2, 0) is 13.6 Å². The Balaban J connectivity index is 1.57. The van der Waals surface area contributed by atoms with Crippen LogP contribution < -0.4 is 10.1 Å². The van der Waals surface area contributed by atoms with Crippen molar-refractivity contribution in [3.8, 4) is 5.75 Å². The van der Waals surface area contributed by atoms with Gasteiger partial charge in [0.25, 0.3) is 5.91 Å². The van der Waals surface area contributed by atoms with Crippen LogP contribution in [0.1, 0.15) is 34.6 Å². The largest absolute Gasteiger partial charge is 0.493 e. The molecule has 1 N–H and O–H groups in total. The highest BCUT2D eigenvalue weighted by Crippen LogP contribution is 2.29. The first-order chi connectivity index (χ1) is 10.6. The lowest BCUT2D eigenvalue weighted by Gasteiger charge is -2.09. The number of nitrogens with zero attached hydrogens (tertiary/aromatic N) is 2. The van der Waals surface area contributed by atoms with E-state index >= 15 is 0 Å². The summed E-state index contributed by atoms with van der Waals surface area (Å²) in [5.41, 5.74) is 2.43. The monoisotopic (exact) mass is 299 g/mol. The molecule has 0 radical (unpaired) electrons. The number of aryl methyl sites for hydroxylation is 2. The molecule has 1 aliphatic rings. The van der Waals surface area contributed by atoms with Gasteiger partial charge in [-0.05, 0) is 49.4 Å². The van der Waals surface area contributed by atoms with E-state index < -0.39 is 0 Å². The molecule has 5 heteroatoms. The van der Waals surface area contributed by atoms with E-state index in [1.165, 1.54) is 12.8 Å². The first-order valence-corrected chi connectivity index (χ1v) is 7.62. The van der Waals surface area contributed by atoms with Gasteiger partial charge < -0.3 is 10.1 Å². The molecule has 1 fully saturated rings. The second-order valence-electron chi connectivity index (χ2n) is 5.88. The summed E-state index contributed by atoms with van der Waals surface area (Å²) in [5.74, 6) is 1.49. The number of carbonyl (C=O) groups excluding carboxylic acids is 1. The molecule has 0 aliphatic heterocycles. The molecule has 1 amide bonds. The number of nitrogens with one attached hydrogen (secondary N) is 1. The van der Waals surface area contributed by atoms with Crippen LogP contribution in [0.2, 0.25) is 0 Å². The third-order valence-corrected chi connectivity index (χ3v) is 3.77. The summed E-state index contributed by atoms with van der Waals surface area (Å²) in [6, 6.07) is 9.66. The Morgan fingerprint density at radius 1 is 1.41 bits per heavy atom. The normalized spacial score (nSPS) is 13.9. The molecule has 0 bridgehead atoms. The fourth-order valence-corrected chi connectivity index (χ4v) is 2.34. The predicted molar refractivity (Wildman–Crippen MR) is 83.8 cm³/mol. The minimum absolute atomic E-state index is 0.118. The van der Waals surface area contributed by atoms with Gasteiger partial charge in [-0.3, -0.25) is 9.48 Å². The third kappa shape index (κ3) is 3.67. The Labute approximate surface area is 130 Å². The highest BCUT2D eigenvalue weighted by Gasteiger charge is 2.21. The first-order valence-electron chi connectivity index (χ1n) is 7.62. The van der Waals surface area contributed by atoms with Crippen LogP contribution in [0.25, 0.3) is 0 Å². The van der Waals surface area contributed by atoms with Gasteiger partial charge in [0.1, 0.15) is 11.4 Å². The van der Waals surface area contributed by atoms with Gasteiger partial charge in [0, 0.05) is 13.6 Å². The molecular formula is C17H21N3O2. The van der Waals surface area contributed by atoms with Crippen LogP contribution in [0.5, 0.6) is 5.75 Å². The smallest absolute Gasteiger partial charge is 0.269 e. The number of rotatable bonds is 6. The van der Waals surface area contributed by atoms with Crippen LogP contribution in [0.15, 0.2) is 30.3 Å². The van der Waals surface area contributed by atoms with Crippen LogP contribution in [0, 0.1) is 12.8 Å². The first kappa shape index (κ1) is 14.6. The second-order valence-corrected chi connectivity index (χ2v) is 5.88. The average molecular weight is 299 g/mol. The molecular weight excluding hydrogens is 278 g/mol. The Hall–Kier alpha value is -2.30. The maximum atomic E-state index is 12.2. The van der Waals surface area contributed by atoms with E-state index in [1.54, 1.807) is 17.8 Å². The van der Waals surface area contributed by atoms with E-state index in [0.717, 1.165) is 29.5 Å².